The molecule has 0 saturated heterocycles. The molecule has 0 saturated carbocycles. The van der Waals surface area contributed by atoms with Crippen molar-refractivity contribution in [3.05, 3.63) is 60.4 Å². The molecule has 0 amide bonds. The second kappa shape index (κ2) is 8.22. The first-order chi connectivity index (χ1) is 11.3. The largest absolute Gasteiger partial charge is 0.383 e. The molecule has 5 heteroatoms. The lowest BCUT2D eigenvalue weighted by Crippen LogP contribution is -2.09. The zero-order chi connectivity index (χ0) is 17.7. The Bertz CT molecular complexity index is 696. The maximum absolute atomic E-state index is 13.5. The lowest BCUT2D eigenvalue weighted by Gasteiger charge is -2.17. The Hall–Kier alpha value is -1.98. The molecule has 128 valence electrons. The summed E-state index contributed by atoms with van der Waals surface area (Å²) in [6.07, 6.45) is 0. The summed E-state index contributed by atoms with van der Waals surface area (Å²) >= 11 is 1.47. The van der Waals surface area contributed by atoms with E-state index >= 15 is 0 Å². The fourth-order valence-electron chi connectivity index (χ4n) is 2.21. The van der Waals surface area contributed by atoms with E-state index < -0.39 is 0 Å². The molecule has 0 spiro atoms. The van der Waals surface area contributed by atoms with Crippen molar-refractivity contribution in [3.8, 4) is 0 Å². The van der Waals surface area contributed by atoms with Gasteiger partial charge in [-0.05, 0) is 75.8 Å². The van der Waals surface area contributed by atoms with Gasteiger partial charge in [0.25, 0.3) is 0 Å². The first-order valence-corrected chi connectivity index (χ1v) is 8.60. The Kier molecular flexibility index (Phi) is 6.29. The SMILES string of the molecule is C=C(Nc1ccc(F)cc1SN(C)C)c1ccc(NC(C)C)cc1. The van der Waals surface area contributed by atoms with Crippen LogP contribution >= 0.6 is 11.9 Å². The first kappa shape index (κ1) is 18.4. The van der Waals surface area contributed by atoms with E-state index in [1.165, 1.54) is 24.1 Å². The molecule has 2 N–H and O–H groups in total. The van der Waals surface area contributed by atoms with Crippen molar-refractivity contribution in [2.24, 2.45) is 0 Å². The van der Waals surface area contributed by atoms with E-state index in [1.54, 1.807) is 6.07 Å². The molecule has 0 aliphatic carbocycles. The van der Waals surface area contributed by atoms with Crippen LogP contribution in [0.3, 0.4) is 0 Å². The van der Waals surface area contributed by atoms with Gasteiger partial charge in [0.15, 0.2) is 0 Å². The minimum absolute atomic E-state index is 0.250. The standard InChI is InChI=1S/C19H24FN3S/c1-13(2)21-17-9-6-15(7-10-17)14(3)22-18-11-8-16(20)12-19(18)24-23(4)5/h6-13,21-22H,3H2,1-2,4-5H3. The Labute approximate surface area is 148 Å². The van der Waals surface area contributed by atoms with Crippen LogP contribution in [0.5, 0.6) is 0 Å². The van der Waals surface area contributed by atoms with Crippen molar-refractivity contribution in [1.82, 2.24) is 4.31 Å². The molecular formula is C19H24FN3S. The maximum Gasteiger partial charge on any atom is 0.124 e. The number of anilines is 2. The monoisotopic (exact) mass is 345 g/mol. The number of nitrogens with zero attached hydrogens (tertiary/aromatic N) is 1. The summed E-state index contributed by atoms with van der Waals surface area (Å²) in [5.41, 5.74) is 3.68. The molecule has 0 fully saturated rings. The maximum atomic E-state index is 13.5. The lowest BCUT2D eigenvalue weighted by molar-refractivity contribution is 0.623. The van der Waals surface area contributed by atoms with Gasteiger partial charge in [-0.15, -0.1) is 0 Å². The Morgan fingerprint density at radius 2 is 1.79 bits per heavy atom. The summed E-state index contributed by atoms with van der Waals surface area (Å²) in [6, 6.07) is 13.2. The second-order valence-electron chi connectivity index (χ2n) is 6.02. The predicted octanol–water partition coefficient (Wildman–Crippen LogP) is 5.30. The highest BCUT2D eigenvalue weighted by molar-refractivity contribution is 7.97. The van der Waals surface area contributed by atoms with Gasteiger partial charge in [-0.1, -0.05) is 18.7 Å². The molecule has 0 bridgehead atoms. The molecule has 0 heterocycles. The van der Waals surface area contributed by atoms with E-state index in [-0.39, 0.29) is 5.82 Å². The molecule has 3 nitrogen and oxygen atoms in total. The summed E-state index contributed by atoms with van der Waals surface area (Å²) in [5.74, 6) is -0.250. The Morgan fingerprint density at radius 1 is 1.12 bits per heavy atom. The van der Waals surface area contributed by atoms with E-state index in [0.717, 1.165) is 27.5 Å². The van der Waals surface area contributed by atoms with Crippen molar-refractivity contribution in [2.75, 3.05) is 24.7 Å². The normalized spacial score (nSPS) is 11.0. The van der Waals surface area contributed by atoms with Crippen LogP contribution in [0.25, 0.3) is 5.70 Å². The van der Waals surface area contributed by atoms with Crippen molar-refractivity contribution in [1.29, 1.82) is 0 Å². The van der Waals surface area contributed by atoms with Crippen LogP contribution < -0.4 is 10.6 Å². The number of nitrogens with one attached hydrogen (secondary N) is 2. The lowest BCUT2D eigenvalue weighted by atomic mass is 10.1. The predicted molar refractivity (Wildman–Crippen MR) is 104 cm³/mol. The van der Waals surface area contributed by atoms with Crippen LogP contribution in [0, 0.1) is 5.82 Å². The van der Waals surface area contributed by atoms with Crippen molar-refractivity contribution < 1.29 is 4.39 Å². The smallest absolute Gasteiger partial charge is 0.124 e. The van der Waals surface area contributed by atoms with Gasteiger partial charge in [-0.3, -0.25) is 4.31 Å². The van der Waals surface area contributed by atoms with Crippen molar-refractivity contribution in [3.63, 3.8) is 0 Å². The summed E-state index contributed by atoms with van der Waals surface area (Å²) < 4.78 is 15.4. The molecule has 2 aromatic carbocycles. The Morgan fingerprint density at radius 3 is 2.38 bits per heavy atom. The fourth-order valence-corrected chi connectivity index (χ4v) is 2.98. The Balaban J connectivity index is 2.14. The molecule has 2 rings (SSSR count). The third kappa shape index (κ3) is 5.28. The minimum atomic E-state index is -0.250. The van der Waals surface area contributed by atoms with Crippen LogP contribution in [-0.4, -0.2) is 24.4 Å². The summed E-state index contributed by atoms with van der Waals surface area (Å²) in [7, 11) is 3.85. The van der Waals surface area contributed by atoms with Gasteiger partial charge in [0, 0.05) is 22.3 Å². The van der Waals surface area contributed by atoms with E-state index in [9.17, 15) is 4.39 Å². The number of benzene rings is 2. The minimum Gasteiger partial charge on any atom is -0.383 e. The highest BCUT2D eigenvalue weighted by atomic mass is 32.2. The van der Waals surface area contributed by atoms with Crippen molar-refractivity contribution in [2.45, 2.75) is 24.8 Å². The van der Waals surface area contributed by atoms with Crippen LogP contribution in [-0.2, 0) is 0 Å². The third-order valence-corrected chi connectivity index (χ3v) is 4.10. The van der Waals surface area contributed by atoms with Gasteiger partial charge in [-0.2, -0.15) is 0 Å². The number of rotatable bonds is 7. The van der Waals surface area contributed by atoms with Crippen LogP contribution in [0.4, 0.5) is 15.8 Å². The number of halogens is 1. The highest BCUT2D eigenvalue weighted by Gasteiger charge is 2.09. The zero-order valence-electron chi connectivity index (χ0n) is 14.6. The topological polar surface area (TPSA) is 27.3 Å². The zero-order valence-corrected chi connectivity index (χ0v) is 15.4. The molecule has 0 aromatic heterocycles. The third-order valence-electron chi connectivity index (χ3n) is 3.20. The average Bonchev–Trinajstić information content (AvgIpc) is 2.49. The van der Waals surface area contributed by atoms with Gasteiger partial charge in [0.2, 0.25) is 0 Å². The fraction of sp³-hybridized carbons (Fsp3) is 0.263. The molecule has 0 atom stereocenters. The first-order valence-electron chi connectivity index (χ1n) is 7.83. The van der Waals surface area contributed by atoms with Gasteiger partial charge in [0.05, 0.1) is 5.69 Å². The van der Waals surface area contributed by atoms with E-state index in [0.29, 0.717) is 6.04 Å². The summed E-state index contributed by atoms with van der Waals surface area (Å²) in [4.78, 5) is 0.819. The highest BCUT2D eigenvalue weighted by Crippen LogP contribution is 2.31. The van der Waals surface area contributed by atoms with E-state index in [4.69, 9.17) is 0 Å². The molecule has 0 aliphatic heterocycles. The van der Waals surface area contributed by atoms with Crippen LogP contribution in [0.2, 0.25) is 0 Å². The average molecular weight is 345 g/mol. The van der Waals surface area contributed by atoms with Gasteiger partial charge in [0.1, 0.15) is 5.82 Å². The van der Waals surface area contributed by atoms with Crippen LogP contribution in [0.15, 0.2) is 53.9 Å². The second-order valence-corrected chi connectivity index (χ2v) is 7.38. The summed E-state index contributed by atoms with van der Waals surface area (Å²) in [6.45, 7) is 8.31. The molecule has 0 unspecified atom stereocenters. The molecular weight excluding hydrogens is 321 g/mol. The van der Waals surface area contributed by atoms with Gasteiger partial charge >= 0.3 is 0 Å². The van der Waals surface area contributed by atoms with Gasteiger partial charge < -0.3 is 10.6 Å². The molecule has 2 aromatic rings. The van der Waals surface area contributed by atoms with Crippen molar-refractivity contribution >= 4 is 29.0 Å². The van der Waals surface area contributed by atoms with Crippen LogP contribution in [0.1, 0.15) is 19.4 Å². The quantitative estimate of drug-likeness (QED) is 0.666. The van der Waals surface area contributed by atoms with E-state index in [2.05, 4.69) is 31.1 Å². The molecule has 24 heavy (non-hydrogen) atoms. The number of hydrogen-bond acceptors (Lipinski definition) is 4. The summed E-state index contributed by atoms with van der Waals surface area (Å²) in [5, 5.41) is 6.65. The molecule has 0 radical (unpaired) electrons. The number of hydrogen-bond donors (Lipinski definition) is 2. The molecule has 0 aliphatic rings. The van der Waals surface area contributed by atoms with E-state index in [1.807, 2.05) is 42.7 Å². The van der Waals surface area contributed by atoms with Gasteiger partial charge in [-0.25, -0.2) is 4.39 Å².